The maximum Gasteiger partial charge on any atom is 0.175 e. The van der Waals surface area contributed by atoms with Crippen molar-refractivity contribution in [3.05, 3.63) is 47.0 Å². The molecule has 96 valence electrons. The maximum absolute atomic E-state index is 6.27. The molecular formula is C13H9Cl2N3O. The largest absolute Gasteiger partial charge is 0.497 e. The van der Waals surface area contributed by atoms with Crippen molar-refractivity contribution in [2.45, 2.75) is 0 Å². The summed E-state index contributed by atoms with van der Waals surface area (Å²) >= 11 is 12.3. The van der Waals surface area contributed by atoms with Crippen LogP contribution in [0.2, 0.25) is 10.2 Å². The summed E-state index contributed by atoms with van der Waals surface area (Å²) in [6.45, 7) is 0. The van der Waals surface area contributed by atoms with Gasteiger partial charge in [0.05, 0.1) is 24.0 Å². The van der Waals surface area contributed by atoms with Crippen molar-refractivity contribution < 1.29 is 4.74 Å². The average Bonchev–Trinajstić information content (AvgIpc) is 2.84. The van der Waals surface area contributed by atoms with Crippen molar-refractivity contribution in [2.75, 3.05) is 7.11 Å². The molecule has 0 aliphatic carbocycles. The zero-order valence-electron chi connectivity index (χ0n) is 9.97. The Labute approximate surface area is 119 Å². The van der Waals surface area contributed by atoms with Crippen LogP contribution >= 0.6 is 23.2 Å². The molecular weight excluding hydrogens is 285 g/mol. The second kappa shape index (κ2) is 4.72. The highest BCUT2D eigenvalue weighted by Crippen LogP contribution is 2.32. The average molecular weight is 294 g/mol. The van der Waals surface area contributed by atoms with Gasteiger partial charge in [-0.25, -0.2) is 9.97 Å². The van der Waals surface area contributed by atoms with Crippen LogP contribution in [0.1, 0.15) is 0 Å². The van der Waals surface area contributed by atoms with Crippen LogP contribution in [0.15, 0.2) is 36.8 Å². The van der Waals surface area contributed by atoms with E-state index < -0.39 is 0 Å². The summed E-state index contributed by atoms with van der Waals surface area (Å²) in [5, 5.41) is 0.951. The molecule has 0 amide bonds. The maximum atomic E-state index is 6.27. The second-order valence-corrected chi connectivity index (χ2v) is 4.67. The molecule has 0 spiro atoms. The fraction of sp³-hybridized carbons (Fsp3) is 0.0769. The first-order valence-corrected chi connectivity index (χ1v) is 6.28. The van der Waals surface area contributed by atoms with E-state index in [0.717, 1.165) is 11.3 Å². The second-order valence-electron chi connectivity index (χ2n) is 3.90. The van der Waals surface area contributed by atoms with Gasteiger partial charge in [0.1, 0.15) is 5.75 Å². The summed E-state index contributed by atoms with van der Waals surface area (Å²) in [7, 11) is 1.60. The quantitative estimate of drug-likeness (QED) is 0.723. The Morgan fingerprint density at radius 1 is 1.21 bits per heavy atom. The minimum atomic E-state index is 0.360. The monoisotopic (exact) mass is 293 g/mol. The zero-order valence-corrected chi connectivity index (χ0v) is 11.5. The molecule has 3 rings (SSSR count). The normalized spacial score (nSPS) is 10.9. The van der Waals surface area contributed by atoms with Gasteiger partial charge in [0, 0.05) is 18.0 Å². The van der Waals surface area contributed by atoms with Crippen LogP contribution in [-0.2, 0) is 0 Å². The van der Waals surface area contributed by atoms with Gasteiger partial charge in [-0.15, -0.1) is 0 Å². The summed E-state index contributed by atoms with van der Waals surface area (Å²) in [6.07, 6.45) is 5.14. The summed E-state index contributed by atoms with van der Waals surface area (Å²) in [5.74, 6) is 0.710. The van der Waals surface area contributed by atoms with E-state index in [1.54, 1.807) is 31.8 Å². The van der Waals surface area contributed by atoms with E-state index in [1.165, 1.54) is 0 Å². The number of ether oxygens (including phenoxy) is 1. The van der Waals surface area contributed by atoms with Crippen LogP contribution in [0.25, 0.3) is 16.9 Å². The highest BCUT2D eigenvalue weighted by atomic mass is 35.5. The number of hydrogen-bond acceptors (Lipinski definition) is 3. The number of nitrogens with zero attached hydrogens (tertiary/aromatic N) is 3. The lowest BCUT2D eigenvalue weighted by Crippen LogP contribution is -1.91. The van der Waals surface area contributed by atoms with Crippen molar-refractivity contribution >= 4 is 28.8 Å². The Kier molecular flexibility index (Phi) is 3.05. The standard InChI is InChI=1S/C13H9Cl2N3O/c1-19-8-2-3-9(10(14)6-8)11-7-17-13-12(15)16-4-5-18(11)13/h2-7H,1H3. The van der Waals surface area contributed by atoms with Crippen molar-refractivity contribution in [1.82, 2.24) is 14.4 Å². The minimum absolute atomic E-state index is 0.360. The summed E-state index contributed by atoms with van der Waals surface area (Å²) in [5.41, 5.74) is 2.32. The first-order valence-electron chi connectivity index (χ1n) is 5.52. The number of imidazole rings is 1. The van der Waals surface area contributed by atoms with Crippen molar-refractivity contribution in [3.63, 3.8) is 0 Å². The Morgan fingerprint density at radius 3 is 2.79 bits per heavy atom. The predicted molar refractivity (Wildman–Crippen MR) is 75.0 cm³/mol. The third-order valence-corrected chi connectivity index (χ3v) is 3.42. The van der Waals surface area contributed by atoms with Crippen LogP contribution < -0.4 is 4.74 Å². The smallest absolute Gasteiger partial charge is 0.175 e. The molecule has 0 saturated carbocycles. The predicted octanol–water partition coefficient (Wildman–Crippen LogP) is 3.71. The van der Waals surface area contributed by atoms with Crippen molar-refractivity contribution in [2.24, 2.45) is 0 Å². The minimum Gasteiger partial charge on any atom is -0.497 e. The Bertz CT molecular complexity index is 755. The summed E-state index contributed by atoms with van der Waals surface area (Å²) in [6, 6.07) is 5.50. The van der Waals surface area contributed by atoms with Crippen molar-refractivity contribution in [3.8, 4) is 17.0 Å². The van der Waals surface area contributed by atoms with Gasteiger partial charge in [-0.1, -0.05) is 23.2 Å². The molecule has 0 atom stereocenters. The van der Waals surface area contributed by atoms with Gasteiger partial charge in [0.2, 0.25) is 0 Å². The molecule has 0 aliphatic heterocycles. The third-order valence-electron chi connectivity index (χ3n) is 2.84. The van der Waals surface area contributed by atoms with E-state index in [4.69, 9.17) is 27.9 Å². The molecule has 4 nitrogen and oxygen atoms in total. The fourth-order valence-electron chi connectivity index (χ4n) is 1.92. The molecule has 3 aromatic rings. The van der Waals surface area contributed by atoms with Crippen LogP contribution in [0.4, 0.5) is 0 Å². The van der Waals surface area contributed by atoms with Crippen LogP contribution in [0.3, 0.4) is 0 Å². The molecule has 6 heteroatoms. The molecule has 19 heavy (non-hydrogen) atoms. The first-order chi connectivity index (χ1) is 9.20. The molecule has 0 aliphatic rings. The first kappa shape index (κ1) is 12.3. The van der Waals surface area contributed by atoms with E-state index in [1.807, 2.05) is 16.5 Å². The number of aromatic nitrogens is 3. The van der Waals surface area contributed by atoms with Crippen LogP contribution in [-0.4, -0.2) is 21.5 Å². The van der Waals surface area contributed by atoms with E-state index in [0.29, 0.717) is 21.6 Å². The lowest BCUT2D eigenvalue weighted by molar-refractivity contribution is 0.415. The van der Waals surface area contributed by atoms with Gasteiger partial charge >= 0.3 is 0 Å². The van der Waals surface area contributed by atoms with Crippen LogP contribution in [0, 0.1) is 0 Å². The van der Waals surface area contributed by atoms with E-state index in [9.17, 15) is 0 Å². The molecule has 0 fully saturated rings. The zero-order chi connectivity index (χ0) is 13.4. The lowest BCUT2D eigenvalue weighted by Gasteiger charge is -2.06. The van der Waals surface area contributed by atoms with Gasteiger partial charge in [-0.3, -0.25) is 4.40 Å². The SMILES string of the molecule is COc1ccc(-c2cnc3c(Cl)nccn23)c(Cl)c1. The highest BCUT2D eigenvalue weighted by Gasteiger charge is 2.12. The molecule has 0 unspecified atom stereocenters. The lowest BCUT2D eigenvalue weighted by atomic mass is 10.1. The molecule has 0 saturated heterocycles. The number of halogens is 2. The van der Waals surface area contributed by atoms with E-state index in [2.05, 4.69) is 9.97 Å². The van der Waals surface area contributed by atoms with E-state index >= 15 is 0 Å². The Hall–Kier alpha value is -1.78. The van der Waals surface area contributed by atoms with Crippen molar-refractivity contribution in [1.29, 1.82) is 0 Å². The molecule has 0 bridgehead atoms. The van der Waals surface area contributed by atoms with Gasteiger partial charge in [0.15, 0.2) is 10.8 Å². The molecule has 0 N–H and O–H groups in total. The third kappa shape index (κ3) is 2.03. The molecule has 1 aromatic carbocycles. The Balaban J connectivity index is 2.22. The fourth-order valence-corrected chi connectivity index (χ4v) is 2.38. The highest BCUT2D eigenvalue weighted by molar-refractivity contribution is 6.33. The molecule has 2 heterocycles. The topological polar surface area (TPSA) is 39.4 Å². The van der Waals surface area contributed by atoms with Crippen LogP contribution in [0.5, 0.6) is 5.75 Å². The number of methoxy groups -OCH3 is 1. The molecule has 2 aromatic heterocycles. The van der Waals surface area contributed by atoms with Gasteiger partial charge in [0.25, 0.3) is 0 Å². The van der Waals surface area contributed by atoms with Gasteiger partial charge in [-0.2, -0.15) is 0 Å². The van der Waals surface area contributed by atoms with E-state index in [-0.39, 0.29) is 0 Å². The number of rotatable bonds is 2. The number of hydrogen-bond donors (Lipinski definition) is 0. The number of benzene rings is 1. The molecule has 0 radical (unpaired) electrons. The summed E-state index contributed by atoms with van der Waals surface area (Å²) in [4.78, 5) is 8.25. The number of fused-ring (bicyclic) bond motifs is 1. The Morgan fingerprint density at radius 2 is 2.05 bits per heavy atom. The van der Waals surface area contributed by atoms with Gasteiger partial charge in [-0.05, 0) is 18.2 Å². The summed E-state index contributed by atoms with van der Waals surface area (Å²) < 4.78 is 6.99. The van der Waals surface area contributed by atoms with Gasteiger partial charge < -0.3 is 4.74 Å².